The molecule has 0 aliphatic carbocycles. The summed E-state index contributed by atoms with van der Waals surface area (Å²) in [6.45, 7) is 1.36. The van der Waals surface area contributed by atoms with Gasteiger partial charge in [-0.2, -0.15) is 0 Å². The molecule has 2 aromatic rings. The maximum atomic E-state index is 13.8. The average Bonchev–Trinajstić information content (AvgIpc) is 2.89. The molecule has 98 valence electrons. The molecule has 0 saturated carbocycles. The van der Waals surface area contributed by atoms with Crippen LogP contribution in [0.15, 0.2) is 48.5 Å². The van der Waals surface area contributed by atoms with Crippen LogP contribution >= 0.6 is 0 Å². The fraction of sp³-hybridized carbons (Fsp3) is 0.250. The summed E-state index contributed by atoms with van der Waals surface area (Å²) in [5.41, 5.74) is 1.35. The maximum absolute atomic E-state index is 13.8. The van der Waals surface area contributed by atoms with Gasteiger partial charge in [-0.3, -0.25) is 0 Å². The Hall–Kier alpha value is -1.90. The highest BCUT2D eigenvalue weighted by Crippen LogP contribution is 2.33. The number of rotatable bonds is 2. The fourth-order valence-electron chi connectivity index (χ4n) is 2.75. The van der Waals surface area contributed by atoms with E-state index in [2.05, 4.69) is 12.1 Å². The molecule has 0 N–H and O–H groups in total. The highest BCUT2D eigenvalue weighted by atomic mass is 19.1. The smallest absolute Gasteiger partial charge is 0.149 e. The van der Waals surface area contributed by atoms with Gasteiger partial charge in [-0.15, -0.1) is 0 Å². The molecule has 19 heavy (non-hydrogen) atoms. The lowest BCUT2D eigenvalue weighted by Crippen LogP contribution is -2.21. The maximum Gasteiger partial charge on any atom is 0.149 e. The predicted octanol–water partition coefficient (Wildman–Crippen LogP) is 3.96. The second kappa shape index (κ2) is 5.00. The average molecular weight is 259 g/mol. The zero-order chi connectivity index (χ0) is 13.2. The number of hydrogen-bond acceptors (Lipinski definition) is 1. The first kappa shape index (κ1) is 12.2. The van der Waals surface area contributed by atoms with Crippen molar-refractivity contribution in [1.29, 1.82) is 0 Å². The van der Waals surface area contributed by atoms with E-state index in [1.807, 2.05) is 23.1 Å². The molecular formula is C16H15F2N. The molecule has 1 saturated heterocycles. The van der Waals surface area contributed by atoms with Gasteiger partial charge in [0.05, 0.1) is 0 Å². The number of hydrogen-bond donors (Lipinski definition) is 0. The molecule has 1 aliphatic rings. The number of halogens is 2. The Morgan fingerprint density at radius 2 is 1.58 bits per heavy atom. The van der Waals surface area contributed by atoms with E-state index < -0.39 is 11.6 Å². The van der Waals surface area contributed by atoms with Crippen LogP contribution in [0.5, 0.6) is 0 Å². The zero-order valence-corrected chi connectivity index (χ0v) is 10.5. The SMILES string of the molecule is Fc1cccc(F)c1N1CCC(c2ccccc2)C1. The van der Waals surface area contributed by atoms with Gasteiger partial charge in [0.2, 0.25) is 0 Å². The van der Waals surface area contributed by atoms with Gasteiger partial charge in [0.1, 0.15) is 17.3 Å². The van der Waals surface area contributed by atoms with Gasteiger partial charge in [0.15, 0.2) is 0 Å². The van der Waals surface area contributed by atoms with E-state index in [1.54, 1.807) is 0 Å². The number of anilines is 1. The van der Waals surface area contributed by atoms with Crippen molar-refractivity contribution in [3.8, 4) is 0 Å². The van der Waals surface area contributed by atoms with Crippen molar-refractivity contribution < 1.29 is 8.78 Å². The van der Waals surface area contributed by atoms with Crippen LogP contribution in [0.1, 0.15) is 17.9 Å². The lowest BCUT2D eigenvalue weighted by Gasteiger charge is -2.20. The van der Waals surface area contributed by atoms with Crippen LogP contribution in [0, 0.1) is 11.6 Å². The monoisotopic (exact) mass is 259 g/mol. The Bertz CT molecular complexity index is 548. The largest absolute Gasteiger partial charge is 0.366 e. The van der Waals surface area contributed by atoms with Crippen LogP contribution in [-0.2, 0) is 0 Å². The third-order valence-corrected chi connectivity index (χ3v) is 3.71. The molecule has 0 spiro atoms. The third kappa shape index (κ3) is 2.33. The summed E-state index contributed by atoms with van der Waals surface area (Å²) in [6.07, 6.45) is 0.928. The van der Waals surface area contributed by atoms with Gasteiger partial charge in [-0.1, -0.05) is 36.4 Å². The van der Waals surface area contributed by atoms with E-state index in [1.165, 1.54) is 23.8 Å². The molecular weight excluding hydrogens is 244 g/mol. The van der Waals surface area contributed by atoms with Gasteiger partial charge in [-0.25, -0.2) is 8.78 Å². The third-order valence-electron chi connectivity index (χ3n) is 3.71. The second-order valence-electron chi connectivity index (χ2n) is 4.91. The summed E-state index contributed by atoms with van der Waals surface area (Å²) in [5.74, 6) is -0.609. The molecule has 3 heteroatoms. The van der Waals surface area contributed by atoms with Gasteiger partial charge < -0.3 is 4.90 Å². The summed E-state index contributed by atoms with van der Waals surface area (Å²) < 4.78 is 27.5. The van der Waals surface area contributed by atoms with Crippen molar-refractivity contribution in [2.24, 2.45) is 0 Å². The minimum atomic E-state index is -0.478. The van der Waals surface area contributed by atoms with E-state index in [4.69, 9.17) is 0 Å². The van der Waals surface area contributed by atoms with Crippen molar-refractivity contribution in [2.75, 3.05) is 18.0 Å². The van der Waals surface area contributed by atoms with E-state index in [9.17, 15) is 8.78 Å². The lowest BCUT2D eigenvalue weighted by molar-refractivity contribution is 0.577. The van der Waals surface area contributed by atoms with E-state index in [0.717, 1.165) is 6.42 Å². The van der Waals surface area contributed by atoms with Crippen molar-refractivity contribution in [3.63, 3.8) is 0 Å². The zero-order valence-electron chi connectivity index (χ0n) is 10.5. The molecule has 1 atom stereocenters. The van der Waals surface area contributed by atoms with Gasteiger partial charge in [0.25, 0.3) is 0 Å². The Balaban J connectivity index is 1.83. The first-order chi connectivity index (χ1) is 9.25. The molecule has 0 aromatic heterocycles. The molecule has 0 amide bonds. The molecule has 1 heterocycles. The molecule has 0 bridgehead atoms. The van der Waals surface area contributed by atoms with Crippen molar-refractivity contribution in [1.82, 2.24) is 0 Å². The molecule has 3 rings (SSSR count). The Morgan fingerprint density at radius 3 is 2.26 bits per heavy atom. The highest BCUT2D eigenvalue weighted by Gasteiger charge is 2.27. The fourth-order valence-corrected chi connectivity index (χ4v) is 2.75. The normalized spacial score (nSPS) is 18.8. The van der Waals surface area contributed by atoms with Crippen LogP contribution in [0.4, 0.5) is 14.5 Å². The molecule has 1 aliphatic heterocycles. The molecule has 1 fully saturated rings. The molecule has 0 radical (unpaired) electrons. The van der Waals surface area contributed by atoms with Crippen LogP contribution < -0.4 is 4.90 Å². The van der Waals surface area contributed by atoms with Crippen LogP contribution in [0.3, 0.4) is 0 Å². The van der Waals surface area contributed by atoms with Gasteiger partial charge in [0, 0.05) is 19.0 Å². The van der Waals surface area contributed by atoms with E-state index in [-0.39, 0.29) is 5.69 Å². The molecule has 1 unspecified atom stereocenters. The highest BCUT2D eigenvalue weighted by molar-refractivity contribution is 5.51. The summed E-state index contributed by atoms with van der Waals surface area (Å²) in [6, 6.07) is 14.2. The molecule has 1 nitrogen and oxygen atoms in total. The Kier molecular flexibility index (Phi) is 3.20. The van der Waals surface area contributed by atoms with Gasteiger partial charge in [-0.05, 0) is 24.1 Å². The minimum Gasteiger partial charge on any atom is -0.366 e. The predicted molar refractivity (Wildman–Crippen MR) is 72.4 cm³/mol. The van der Waals surface area contributed by atoms with Crippen LogP contribution in [-0.4, -0.2) is 13.1 Å². The Morgan fingerprint density at radius 1 is 0.895 bits per heavy atom. The summed E-state index contributed by atoms with van der Waals surface area (Å²) in [4.78, 5) is 1.81. The number of nitrogens with zero attached hydrogens (tertiary/aromatic N) is 1. The second-order valence-corrected chi connectivity index (χ2v) is 4.91. The lowest BCUT2D eigenvalue weighted by atomic mass is 9.99. The standard InChI is InChI=1S/C16H15F2N/c17-14-7-4-8-15(18)16(14)19-10-9-13(11-19)12-5-2-1-3-6-12/h1-8,13H,9-11H2. The van der Waals surface area contributed by atoms with Crippen LogP contribution in [0.2, 0.25) is 0 Å². The topological polar surface area (TPSA) is 3.24 Å². The van der Waals surface area contributed by atoms with E-state index in [0.29, 0.717) is 19.0 Å². The van der Waals surface area contributed by atoms with Crippen LogP contribution in [0.25, 0.3) is 0 Å². The first-order valence-electron chi connectivity index (χ1n) is 6.49. The number of benzene rings is 2. The summed E-state index contributed by atoms with van der Waals surface area (Å²) in [5, 5.41) is 0. The molecule has 2 aromatic carbocycles. The van der Waals surface area contributed by atoms with E-state index >= 15 is 0 Å². The minimum absolute atomic E-state index is 0.112. The summed E-state index contributed by atoms with van der Waals surface area (Å²) >= 11 is 0. The van der Waals surface area contributed by atoms with Gasteiger partial charge >= 0.3 is 0 Å². The number of para-hydroxylation sites is 1. The van der Waals surface area contributed by atoms with Crippen molar-refractivity contribution in [2.45, 2.75) is 12.3 Å². The first-order valence-corrected chi connectivity index (χ1v) is 6.49. The van der Waals surface area contributed by atoms with Crippen molar-refractivity contribution >= 4 is 5.69 Å². The summed E-state index contributed by atoms with van der Waals surface area (Å²) in [7, 11) is 0. The Labute approximate surface area is 111 Å². The van der Waals surface area contributed by atoms with Crippen molar-refractivity contribution in [3.05, 3.63) is 65.7 Å². The quantitative estimate of drug-likeness (QED) is 0.789.